The Kier molecular flexibility index (Phi) is 5.85. The third-order valence-corrected chi connectivity index (χ3v) is 7.44. The van der Waals surface area contributed by atoms with Crippen LogP contribution in [0.1, 0.15) is 30.2 Å². The molecule has 1 atom stereocenters. The number of pyridine rings is 1. The molecule has 2 heterocycles. The predicted octanol–water partition coefficient (Wildman–Crippen LogP) is 6.27. The Morgan fingerprint density at radius 3 is 2.30 bits per heavy atom. The van der Waals surface area contributed by atoms with Crippen molar-refractivity contribution >= 4 is 40.8 Å². The predicted molar refractivity (Wildman–Crippen MR) is 123 cm³/mol. The summed E-state index contributed by atoms with van der Waals surface area (Å²) in [5.41, 5.74) is 4.09. The van der Waals surface area contributed by atoms with Crippen molar-refractivity contribution in [3.8, 4) is 6.07 Å². The van der Waals surface area contributed by atoms with Gasteiger partial charge in [-0.25, -0.2) is 4.98 Å². The highest BCUT2D eigenvalue weighted by Gasteiger charge is 2.33. The molecule has 4 rings (SSSR count). The number of hydrogen-bond donors (Lipinski definition) is 0. The zero-order chi connectivity index (χ0) is 21.3. The lowest BCUT2D eigenvalue weighted by Crippen LogP contribution is -2.35. The molecular formula is C24H21N3OS2. The molecule has 0 spiro atoms. The first-order valence-corrected chi connectivity index (χ1v) is 11.5. The van der Waals surface area contributed by atoms with Crippen molar-refractivity contribution in [1.82, 2.24) is 4.98 Å². The van der Waals surface area contributed by atoms with Crippen LogP contribution in [0.3, 0.4) is 0 Å². The van der Waals surface area contributed by atoms with Crippen LogP contribution >= 0.6 is 23.5 Å². The second kappa shape index (κ2) is 8.55. The molecule has 1 aromatic heterocycles. The van der Waals surface area contributed by atoms with E-state index in [0.717, 1.165) is 32.4 Å². The Bertz CT molecular complexity index is 1120. The topological polar surface area (TPSA) is 57.0 Å². The van der Waals surface area contributed by atoms with Crippen LogP contribution in [0.4, 0.5) is 11.4 Å². The highest BCUT2D eigenvalue weighted by atomic mass is 32.2. The lowest BCUT2D eigenvalue weighted by atomic mass is 10.1. The summed E-state index contributed by atoms with van der Waals surface area (Å²) in [6.07, 6.45) is 0.636. The van der Waals surface area contributed by atoms with Crippen LogP contribution in [0, 0.1) is 25.2 Å². The summed E-state index contributed by atoms with van der Waals surface area (Å²) in [7, 11) is 0. The van der Waals surface area contributed by atoms with E-state index in [1.165, 1.54) is 11.8 Å². The van der Waals surface area contributed by atoms with E-state index in [-0.39, 0.29) is 11.2 Å². The van der Waals surface area contributed by atoms with Crippen molar-refractivity contribution in [2.24, 2.45) is 0 Å². The number of thioether (sulfide) groups is 1. The number of hydrogen-bond acceptors (Lipinski definition) is 5. The molecule has 1 aliphatic rings. The molecule has 30 heavy (non-hydrogen) atoms. The van der Waals surface area contributed by atoms with E-state index >= 15 is 0 Å². The number of nitrogens with zero attached hydrogens (tertiary/aromatic N) is 3. The molecule has 0 saturated carbocycles. The molecule has 0 radical (unpaired) electrons. The zero-order valence-electron chi connectivity index (χ0n) is 17.0. The van der Waals surface area contributed by atoms with E-state index in [0.29, 0.717) is 17.0 Å². The Morgan fingerprint density at radius 2 is 1.73 bits per heavy atom. The van der Waals surface area contributed by atoms with Gasteiger partial charge in [0.1, 0.15) is 11.1 Å². The second-order valence-electron chi connectivity index (χ2n) is 7.10. The lowest BCUT2D eigenvalue weighted by Gasteiger charge is -2.33. The van der Waals surface area contributed by atoms with E-state index in [1.54, 1.807) is 11.8 Å². The molecule has 0 saturated heterocycles. The Balaban J connectivity index is 1.75. The third-order valence-electron chi connectivity index (χ3n) is 4.98. The fourth-order valence-corrected chi connectivity index (χ4v) is 5.77. The highest BCUT2D eigenvalue weighted by molar-refractivity contribution is 8.00. The maximum Gasteiger partial charge on any atom is 0.245 e. The van der Waals surface area contributed by atoms with Crippen LogP contribution in [-0.4, -0.2) is 16.1 Å². The summed E-state index contributed by atoms with van der Waals surface area (Å²) in [5, 5.41) is 9.90. The van der Waals surface area contributed by atoms with Gasteiger partial charge in [0, 0.05) is 15.5 Å². The monoisotopic (exact) mass is 431 g/mol. The van der Waals surface area contributed by atoms with Gasteiger partial charge in [-0.2, -0.15) is 5.26 Å². The standard InChI is InChI=1S/C24H21N3OS2/c1-4-20(30-23-17(14-25)15(2)13-16(3)26-23)24(28)27-18-9-5-7-11-21(18)29-22-12-8-6-10-19(22)27/h5-13,20H,4H2,1-3H3. The number of aryl methyl sites for hydroxylation is 2. The normalized spacial score (nSPS) is 13.2. The van der Waals surface area contributed by atoms with Crippen molar-refractivity contribution in [3.05, 3.63) is 71.4 Å². The molecule has 150 valence electrons. The smallest absolute Gasteiger partial charge is 0.245 e. The summed E-state index contributed by atoms with van der Waals surface area (Å²) in [6.45, 7) is 5.82. The summed E-state index contributed by atoms with van der Waals surface area (Å²) in [5.74, 6) is 0.00699. The minimum Gasteiger partial charge on any atom is -0.278 e. The van der Waals surface area contributed by atoms with Crippen LogP contribution in [0.25, 0.3) is 0 Å². The van der Waals surface area contributed by atoms with Crippen LogP contribution in [0.15, 0.2) is 69.4 Å². The van der Waals surface area contributed by atoms with Crippen LogP contribution in [0.2, 0.25) is 0 Å². The summed E-state index contributed by atoms with van der Waals surface area (Å²) >= 11 is 3.07. The number of nitriles is 1. The number of para-hydroxylation sites is 2. The molecule has 6 heteroatoms. The third kappa shape index (κ3) is 3.71. The van der Waals surface area contributed by atoms with E-state index in [9.17, 15) is 10.1 Å². The van der Waals surface area contributed by atoms with Crippen molar-refractivity contribution in [2.75, 3.05) is 4.90 Å². The SMILES string of the molecule is CCC(Sc1nc(C)cc(C)c1C#N)C(=O)N1c2ccccc2Sc2ccccc21. The molecule has 0 bridgehead atoms. The van der Waals surface area contributed by atoms with Gasteiger partial charge in [0.15, 0.2) is 0 Å². The van der Waals surface area contributed by atoms with Crippen molar-refractivity contribution < 1.29 is 4.79 Å². The van der Waals surface area contributed by atoms with Gasteiger partial charge in [0.05, 0.1) is 22.2 Å². The lowest BCUT2D eigenvalue weighted by molar-refractivity contribution is -0.117. The molecule has 2 aromatic carbocycles. The number of carbonyl (C=O) groups is 1. The summed E-state index contributed by atoms with van der Waals surface area (Å²) in [4.78, 5) is 22.3. The number of amides is 1. The number of carbonyl (C=O) groups excluding carboxylic acids is 1. The maximum atomic E-state index is 13.8. The molecule has 4 nitrogen and oxygen atoms in total. The first-order chi connectivity index (χ1) is 14.5. The quantitative estimate of drug-likeness (QED) is 0.456. The zero-order valence-corrected chi connectivity index (χ0v) is 18.7. The first kappa shape index (κ1) is 20.5. The van der Waals surface area contributed by atoms with Crippen LogP contribution in [-0.2, 0) is 4.79 Å². The minimum atomic E-state index is -0.352. The van der Waals surface area contributed by atoms with Crippen LogP contribution in [0.5, 0.6) is 0 Å². The van der Waals surface area contributed by atoms with Gasteiger partial charge in [-0.05, 0) is 56.2 Å². The summed E-state index contributed by atoms with van der Waals surface area (Å²) in [6, 6.07) is 20.1. The van der Waals surface area contributed by atoms with Gasteiger partial charge >= 0.3 is 0 Å². The molecule has 0 N–H and O–H groups in total. The van der Waals surface area contributed by atoms with Gasteiger partial charge in [-0.3, -0.25) is 9.69 Å². The van der Waals surface area contributed by atoms with Gasteiger partial charge in [-0.15, -0.1) is 0 Å². The molecule has 1 amide bonds. The number of anilines is 2. The molecule has 1 aliphatic heterocycles. The molecule has 0 aliphatic carbocycles. The fourth-order valence-electron chi connectivity index (χ4n) is 3.55. The van der Waals surface area contributed by atoms with Crippen molar-refractivity contribution in [2.45, 2.75) is 47.3 Å². The largest absolute Gasteiger partial charge is 0.278 e. The second-order valence-corrected chi connectivity index (χ2v) is 9.37. The minimum absolute atomic E-state index is 0.00699. The van der Waals surface area contributed by atoms with Gasteiger partial charge in [-0.1, -0.05) is 54.7 Å². The molecule has 3 aromatic rings. The summed E-state index contributed by atoms with van der Waals surface area (Å²) < 4.78 is 0. The number of aromatic nitrogens is 1. The number of fused-ring (bicyclic) bond motifs is 2. The van der Waals surface area contributed by atoms with Crippen LogP contribution < -0.4 is 4.90 Å². The Hall–Kier alpha value is -2.75. The van der Waals surface area contributed by atoms with Crippen molar-refractivity contribution in [1.29, 1.82) is 5.26 Å². The van der Waals surface area contributed by atoms with Crippen molar-refractivity contribution in [3.63, 3.8) is 0 Å². The fraction of sp³-hybridized carbons (Fsp3) is 0.208. The van der Waals surface area contributed by atoms with E-state index in [1.807, 2.05) is 80.3 Å². The first-order valence-electron chi connectivity index (χ1n) is 9.78. The van der Waals surface area contributed by atoms with E-state index in [4.69, 9.17) is 0 Å². The average Bonchev–Trinajstić information content (AvgIpc) is 2.75. The molecule has 0 fully saturated rings. The Labute approximate surface area is 185 Å². The highest BCUT2D eigenvalue weighted by Crippen LogP contribution is 2.48. The maximum absolute atomic E-state index is 13.8. The van der Waals surface area contributed by atoms with Gasteiger partial charge in [0.25, 0.3) is 0 Å². The van der Waals surface area contributed by atoms with E-state index in [2.05, 4.69) is 11.1 Å². The van der Waals surface area contributed by atoms with Gasteiger partial charge < -0.3 is 0 Å². The number of benzene rings is 2. The number of rotatable bonds is 4. The molecule has 1 unspecified atom stereocenters. The Morgan fingerprint density at radius 1 is 1.13 bits per heavy atom. The molecular weight excluding hydrogens is 410 g/mol. The average molecular weight is 432 g/mol. The van der Waals surface area contributed by atoms with E-state index < -0.39 is 0 Å². The van der Waals surface area contributed by atoms with Gasteiger partial charge in [0.2, 0.25) is 5.91 Å².